The molecule has 0 aliphatic carbocycles. The standard InChI is InChI=1S/C13H17F2N3O2S/c1-7(2)8-5-6-9(12(14)15)10-11(8)18(3)16-13(10)17-21(4,19)20/h5-7,12H,1-4H3,(H,16,17). The van der Waals surface area contributed by atoms with Crippen molar-refractivity contribution < 1.29 is 17.2 Å². The third-order valence-electron chi connectivity index (χ3n) is 3.19. The Kier molecular flexibility index (Phi) is 3.92. The van der Waals surface area contributed by atoms with Crippen molar-refractivity contribution >= 4 is 26.7 Å². The molecule has 1 N–H and O–H groups in total. The maximum absolute atomic E-state index is 13.2. The van der Waals surface area contributed by atoms with Crippen LogP contribution in [0.15, 0.2) is 12.1 Å². The minimum Gasteiger partial charge on any atom is -0.266 e. The van der Waals surface area contributed by atoms with E-state index < -0.39 is 16.4 Å². The number of hydrogen-bond donors (Lipinski definition) is 1. The number of nitrogens with zero attached hydrogens (tertiary/aromatic N) is 2. The summed E-state index contributed by atoms with van der Waals surface area (Å²) in [4.78, 5) is 0. The summed E-state index contributed by atoms with van der Waals surface area (Å²) in [5, 5.41) is 4.21. The lowest BCUT2D eigenvalue weighted by Gasteiger charge is -2.11. The van der Waals surface area contributed by atoms with Gasteiger partial charge in [0, 0.05) is 12.6 Å². The van der Waals surface area contributed by atoms with Crippen LogP contribution in [0.5, 0.6) is 0 Å². The third-order valence-corrected chi connectivity index (χ3v) is 3.76. The Balaban J connectivity index is 2.86. The highest BCUT2D eigenvalue weighted by atomic mass is 32.2. The molecular formula is C13H17F2N3O2S. The molecule has 0 saturated carbocycles. The van der Waals surface area contributed by atoms with Crippen LogP contribution in [0.1, 0.15) is 37.3 Å². The molecule has 0 aliphatic rings. The van der Waals surface area contributed by atoms with Crippen LogP contribution in [0.2, 0.25) is 0 Å². The van der Waals surface area contributed by atoms with Crippen molar-refractivity contribution in [2.24, 2.45) is 7.05 Å². The fraction of sp³-hybridized carbons (Fsp3) is 0.462. The number of alkyl halides is 2. The average Bonchev–Trinajstić information content (AvgIpc) is 2.63. The lowest BCUT2D eigenvalue weighted by Crippen LogP contribution is -2.10. The molecule has 0 aliphatic heterocycles. The quantitative estimate of drug-likeness (QED) is 0.943. The summed E-state index contributed by atoms with van der Waals surface area (Å²) in [5.41, 5.74) is 1.13. The van der Waals surface area contributed by atoms with Crippen LogP contribution in [-0.4, -0.2) is 24.5 Å². The van der Waals surface area contributed by atoms with Gasteiger partial charge >= 0.3 is 0 Å². The van der Waals surface area contributed by atoms with E-state index in [1.165, 1.54) is 10.7 Å². The normalized spacial score (nSPS) is 12.6. The predicted molar refractivity (Wildman–Crippen MR) is 78.2 cm³/mol. The van der Waals surface area contributed by atoms with E-state index >= 15 is 0 Å². The number of nitrogens with one attached hydrogen (secondary N) is 1. The van der Waals surface area contributed by atoms with Gasteiger partial charge in [-0.25, -0.2) is 17.2 Å². The minimum absolute atomic E-state index is 0.0622. The van der Waals surface area contributed by atoms with Gasteiger partial charge in [-0.15, -0.1) is 0 Å². The molecule has 0 spiro atoms. The highest BCUT2D eigenvalue weighted by Gasteiger charge is 2.23. The maximum atomic E-state index is 13.2. The fourth-order valence-corrected chi connectivity index (χ4v) is 2.86. The van der Waals surface area contributed by atoms with Crippen LogP contribution in [-0.2, 0) is 17.1 Å². The van der Waals surface area contributed by atoms with Gasteiger partial charge in [0.25, 0.3) is 6.43 Å². The molecule has 0 saturated heterocycles. The zero-order valence-corrected chi connectivity index (χ0v) is 13.0. The first kappa shape index (κ1) is 15.7. The molecule has 0 radical (unpaired) electrons. The van der Waals surface area contributed by atoms with Crippen molar-refractivity contribution in [3.05, 3.63) is 23.3 Å². The molecular weight excluding hydrogens is 300 g/mol. The van der Waals surface area contributed by atoms with Gasteiger partial charge in [-0.3, -0.25) is 9.40 Å². The monoisotopic (exact) mass is 317 g/mol. The van der Waals surface area contributed by atoms with E-state index in [9.17, 15) is 17.2 Å². The molecule has 0 bridgehead atoms. The largest absolute Gasteiger partial charge is 0.266 e. The fourth-order valence-electron chi connectivity index (χ4n) is 2.37. The van der Waals surface area contributed by atoms with Gasteiger partial charge < -0.3 is 0 Å². The summed E-state index contributed by atoms with van der Waals surface area (Å²) in [6.45, 7) is 3.88. The first-order chi connectivity index (χ1) is 9.61. The predicted octanol–water partition coefficient (Wildman–Crippen LogP) is 3.01. The minimum atomic E-state index is -3.60. The Hall–Kier alpha value is -1.70. The molecule has 5 nitrogen and oxygen atoms in total. The van der Waals surface area contributed by atoms with Gasteiger partial charge in [-0.2, -0.15) is 5.10 Å². The Morgan fingerprint density at radius 3 is 2.29 bits per heavy atom. The summed E-state index contributed by atoms with van der Waals surface area (Å²) in [6.07, 6.45) is -1.75. The topological polar surface area (TPSA) is 64.0 Å². The SMILES string of the molecule is CC(C)c1ccc(C(F)F)c2c(NS(C)(=O)=O)nn(C)c12. The Labute approximate surface area is 122 Å². The van der Waals surface area contributed by atoms with E-state index in [1.807, 2.05) is 13.8 Å². The summed E-state index contributed by atoms with van der Waals surface area (Å²) in [5.74, 6) is 0.0357. The van der Waals surface area contributed by atoms with E-state index in [0.29, 0.717) is 5.52 Å². The lowest BCUT2D eigenvalue weighted by atomic mass is 9.97. The summed E-state index contributed by atoms with van der Waals surface area (Å²) < 4.78 is 52.9. The van der Waals surface area contributed by atoms with Gasteiger partial charge in [0.05, 0.1) is 17.2 Å². The van der Waals surface area contributed by atoms with Gasteiger partial charge in [-0.1, -0.05) is 26.0 Å². The van der Waals surface area contributed by atoms with Crippen molar-refractivity contribution in [1.29, 1.82) is 0 Å². The van der Waals surface area contributed by atoms with Gasteiger partial charge in [0.15, 0.2) is 5.82 Å². The average molecular weight is 317 g/mol. The zero-order chi connectivity index (χ0) is 15.9. The van der Waals surface area contributed by atoms with Crippen molar-refractivity contribution in [2.75, 3.05) is 11.0 Å². The molecule has 21 heavy (non-hydrogen) atoms. The number of fused-ring (bicyclic) bond motifs is 1. The number of hydrogen-bond acceptors (Lipinski definition) is 3. The van der Waals surface area contributed by atoms with Crippen molar-refractivity contribution in [3.8, 4) is 0 Å². The van der Waals surface area contributed by atoms with Gasteiger partial charge in [-0.05, 0) is 11.5 Å². The molecule has 116 valence electrons. The molecule has 8 heteroatoms. The second-order valence-corrected chi connectivity index (χ2v) is 7.02. The highest BCUT2D eigenvalue weighted by molar-refractivity contribution is 7.92. The molecule has 0 amide bonds. The Morgan fingerprint density at radius 1 is 1.24 bits per heavy atom. The molecule has 0 fully saturated rings. The van der Waals surface area contributed by atoms with E-state index in [0.717, 1.165) is 11.8 Å². The molecule has 1 heterocycles. The highest BCUT2D eigenvalue weighted by Crippen LogP contribution is 2.37. The van der Waals surface area contributed by atoms with Crippen molar-refractivity contribution in [2.45, 2.75) is 26.2 Å². The van der Waals surface area contributed by atoms with Crippen LogP contribution in [0.3, 0.4) is 0 Å². The lowest BCUT2D eigenvalue weighted by molar-refractivity contribution is 0.153. The first-order valence-corrected chi connectivity index (χ1v) is 8.26. The summed E-state index contributed by atoms with van der Waals surface area (Å²) in [7, 11) is -1.99. The number of rotatable bonds is 4. The summed E-state index contributed by atoms with van der Waals surface area (Å²) >= 11 is 0. The van der Waals surface area contributed by atoms with Crippen LogP contribution in [0.4, 0.5) is 14.6 Å². The van der Waals surface area contributed by atoms with E-state index in [2.05, 4.69) is 9.82 Å². The smallest absolute Gasteiger partial charge is 0.264 e. The zero-order valence-electron chi connectivity index (χ0n) is 12.2. The second kappa shape index (κ2) is 5.25. The number of sulfonamides is 1. The number of benzene rings is 1. The van der Waals surface area contributed by atoms with Crippen molar-refractivity contribution in [3.63, 3.8) is 0 Å². The Morgan fingerprint density at radius 2 is 1.81 bits per heavy atom. The second-order valence-electron chi connectivity index (χ2n) is 5.27. The van der Waals surface area contributed by atoms with Crippen LogP contribution in [0.25, 0.3) is 10.9 Å². The van der Waals surface area contributed by atoms with E-state index in [-0.39, 0.29) is 22.7 Å². The van der Waals surface area contributed by atoms with Crippen LogP contribution in [0, 0.1) is 0 Å². The number of halogens is 2. The van der Waals surface area contributed by atoms with E-state index in [4.69, 9.17) is 0 Å². The number of anilines is 1. The summed E-state index contributed by atoms with van der Waals surface area (Å²) in [6, 6.07) is 2.97. The molecule has 1 aromatic carbocycles. The van der Waals surface area contributed by atoms with Crippen LogP contribution < -0.4 is 4.72 Å². The van der Waals surface area contributed by atoms with Gasteiger partial charge in [0.1, 0.15) is 0 Å². The third kappa shape index (κ3) is 2.99. The maximum Gasteiger partial charge on any atom is 0.264 e. The molecule has 2 aromatic rings. The molecule has 2 rings (SSSR count). The molecule has 0 unspecified atom stereocenters. The van der Waals surface area contributed by atoms with Crippen LogP contribution >= 0.6 is 0 Å². The molecule has 1 aromatic heterocycles. The molecule has 0 atom stereocenters. The first-order valence-electron chi connectivity index (χ1n) is 6.37. The number of aryl methyl sites for hydroxylation is 1. The van der Waals surface area contributed by atoms with Crippen molar-refractivity contribution in [1.82, 2.24) is 9.78 Å². The number of aromatic nitrogens is 2. The van der Waals surface area contributed by atoms with E-state index in [1.54, 1.807) is 13.1 Å². The van der Waals surface area contributed by atoms with Gasteiger partial charge in [0.2, 0.25) is 10.0 Å². The Bertz CT molecular complexity index is 782.